The summed E-state index contributed by atoms with van der Waals surface area (Å²) >= 11 is 1.65. The van der Waals surface area contributed by atoms with E-state index >= 15 is 0 Å². The molecule has 0 bridgehead atoms. The fourth-order valence-corrected chi connectivity index (χ4v) is 4.37. The summed E-state index contributed by atoms with van der Waals surface area (Å²) in [4.78, 5) is 26.3. The topological polar surface area (TPSA) is 49.3 Å². The maximum Gasteiger partial charge on any atom is 0.273 e. The molecule has 0 saturated carbocycles. The van der Waals surface area contributed by atoms with E-state index in [2.05, 4.69) is 20.2 Å². The Morgan fingerprint density at radius 1 is 1.25 bits per heavy atom. The summed E-state index contributed by atoms with van der Waals surface area (Å²) in [6.45, 7) is 4.94. The number of anilines is 1. The van der Waals surface area contributed by atoms with E-state index in [4.69, 9.17) is 0 Å². The van der Waals surface area contributed by atoms with Crippen LogP contribution in [-0.4, -0.2) is 40.4 Å². The highest BCUT2D eigenvalue weighted by atomic mass is 32.1. The Bertz CT molecular complexity index is 738. The third kappa shape index (κ3) is 2.90. The molecule has 4 heterocycles. The fraction of sp³-hybridized carbons (Fsp3) is 0.500. The number of pyridine rings is 1. The highest BCUT2D eigenvalue weighted by Crippen LogP contribution is 2.33. The predicted molar refractivity (Wildman–Crippen MR) is 95.5 cm³/mol. The number of thiazole rings is 1. The lowest BCUT2D eigenvalue weighted by molar-refractivity contribution is 0.0727. The van der Waals surface area contributed by atoms with Crippen LogP contribution in [0.5, 0.6) is 0 Å². The van der Waals surface area contributed by atoms with Crippen molar-refractivity contribution in [1.82, 2.24) is 14.9 Å². The molecular weight excluding hydrogens is 320 g/mol. The number of aryl methyl sites for hydroxylation is 1. The van der Waals surface area contributed by atoms with Gasteiger partial charge in [0.15, 0.2) is 0 Å². The SMILES string of the molecule is Cc1nc(C2CCCN2C(=O)c2cc(N3CCCC3)ccn2)cs1. The lowest BCUT2D eigenvalue weighted by atomic mass is 10.1. The quantitative estimate of drug-likeness (QED) is 0.857. The molecule has 2 aliphatic rings. The summed E-state index contributed by atoms with van der Waals surface area (Å²) in [6.07, 6.45) is 6.23. The molecule has 2 aromatic rings. The minimum Gasteiger partial charge on any atom is -0.371 e. The number of nitrogens with zero attached hydrogens (tertiary/aromatic N) is 4. The highest BCUT2D eigenvalue weighted by Gasteiger charge is 2.32. The molecule has 5 nitrogen and oxygen atoms in total. The Kier molecular flexibility index (Phi) is 4.22. The van der Waals surface area contributed by atoms with Gasteiger partial charge in [-0.3, -0.25) is 9.78 Å². The van der Waals surface area contributed by atoms with Crippen LogP contribution in [0.1, 0.15) is 52.9 Å². The van der Waals surface area contributed by atoms with Gasteiger partial charge in [-0.25, -0.2) is 4.98 Å². The molecule has 0 N–H and O–H groups in total. The number of hydrogen-bond acceptors (Lipinski definition) is 5. The number of likely N-dealkylation sites (tertiary alicyclic amines) is 1. The fourth-order valence-electron chi connectivity index (χ4n) is 3.71. The molecule has 2 saturated heterocycles. The standard InChI is InChI=1S/C18H22N4OS/c1-13-20-16(12-24-13)17-5-4-10-22(17)18(23)15-11-14(6-7-19-15)21-8-2-3-9-21/h6-7,11-12,17H,2-5,8-10H2,1H3. The van der Waals surface area contributed by atoms with E-state index in [9.17, 15) is 4.79 Å². The zero-order valence-electron chi connectivity index (χ0n) is 13.9. The Morgan fingerprint density at radius 3 is 2.83 bits per heavy atom. The Morgan fingerprint density at radius 2 is 2.08 bits per heavy atom. The van der Waals surface area contributed by atoms with Crippen molar-refractivity contribution < 1.29 is 4.79 Å². The van der Waals surface area contributed by atoms with Gasteiger partial charge in [0.1, 0.15) is 5.69 Å². The average molecular weight is 342 g/mol. The molecule has 2 aliphatic heterocycles. The molecule has 0 spiro atoms. The smallest absolute Gasteiger partial charge is 0.273 e. The van der Waals surface area contributed by atoms with Gasteiger partial charge in [0.25, 0.3) is 5.91 Å². The average Bonchev–Trinajstić information content (AvgIpc) is 3.35. The zero-order chi connectivity index (χ0) is 16.5. The number of carbonyl (C=O) groups excluding carboxylic acids is 1. The normalized spacial score (nSPS) is 20.8. The molecule has 1 amide bonds. The molecule has 2 aromatic heterocycles. The number of aromatic nitrogens is 2. The van der Waals surface area contributed by atoms with Crippen molar-refractivity contribution in [2.45, 2.75) is 38.6 Å². The van der Waals surface area contributed by atoms with Crippen LogP contribution < -0.4 is 4.90 Å². The first-order chi connectivity index (χ1) is 11.7. The van der Waals surface area contributed by atoms with E-state index in [1.54, 1.807) is 17.5 Å². The molecule has 0 aliphatic carbocycles. The van der Waals surface area contributed by atoms with E-state index in [0.29, 0.717) is 5.69 Å². The van der Waals surface area contributed by atoms with E-state index in [1.807, 2.05) is 24.0 Å². The lowest BCUT2D eigenvalue weighted by Gasteiger charge is -2.24. The van der Waals surface area contributed by atoms with Crippen molar-refractivity contribution in [1.29, 1.82) is 0 Å². The second-order valence-corrected chi connectivity index (χ2v) is 7.60. The molecule has 126 valence electrons. The van der Waals surface area contributed by atoms with Crippen molar-refractivity contribution in [3.63, 3.8) is 0 Å². The zero-order valence-corrected chi connectivity index (χ0v) is 14.8. The summed E-state index contributed by atoms with van der Waals surface area (Å²) < 4.78 is 0. The van der Waals surface area contributed by atoms with E-state index in [0.717, 1.165) is 48.9 Å². The molecule has 4 rings (SSSR count). The number of rotatable bonds is 3. The first kappa shape index (κ1) is 15.6. The van der Waals surface area contributed by atoms with Gasteiger partial charge < -0.3 is 9.80 Å². The van der Waals surface area contributed by atoms with Crippen LogP contribution in [0.2, 0.25) is 0 Å². The molecule has 6 heteroatoms. The minimum atomic E-state index is 0.0317. The number of carbonyl (C=O) groups is 1. The Labute approximate surface area is 146 Å². The van der Waals surface area contributed by atoms with Gasteiger partial charge in [-0.15, -0.1) is 11.3 Å². The van der Waals surface area contributed by atoms with Crippen LogP contribution in [0.3, 0.4) is 0 Å². The van der Waals surface area contributed by atoms with Gasteiger partial charge in [0.05, 0.1) is 16.7 Å². The molecular formula is C18H22N4OS. The molecule has 0 radical (unpaired) electrons. The van der Waals surface area contributed by atoms with Crippen LogP contribution in [0.4, 0.5) is 5.69 Å². The molecule has 0 aromatic carbocycles. The van der Waals surface area contributed by atoms with Crippen molar-refractivity contribution in [2.24, 2.45) is 0 Å². The van der Waals surface area contributed by atoms with Crippen molar-refractivity contribution in [3.05, 3.63) is 40.1 Å². The van der Waals surface area contributed by atoms with Crippen LogP contribution >= 0.6 is 11.3 Å². The van der Waals surface area contributed by atoms with Crippen molar-refractivity contribution in [3.8, 4) is 0 Å². The Hall–Kier alpha value is -1.95. The van der Waals surface area contributed by atoms with Crippen LogP contribution in [0, 0.1) is 6.92 Å². The van der Waals surface area contributed by atoms with Gasteiger partial charge in [-0.1, -0.05) is 0 Å². The van der Waals surface area contributed by atoms with E-state index in [-0.39, 0.29) is 11.9 Å². The number of amides is 1. The van der Waals surface area contributed by atoms with Crippen molar-refractivity contribution in [2.75, 3.05) is 24.5 Å². The van der Waals surface area contributed by atoms with Gasteiger partial charge in [0, 0.05) is 36.9 Å². The van der Waals surface area contributed by atoms with Gasteiger partial charge in [-0.2, -0.15) is 0 Å². The summed E-state index contributed by atoms with van der Waals surface area (Å²) in [5.41, 5.74) is 2.70. The maximum absolute atomic E-state index is 13.0. The maximum atomic E-state index is 13.0. The first-order valence-corrected chi connectivity index (χ1v) is 9.54. The summed E-state index contributed by atoms with van der Waals surface area (Å²) in [7, 11) is 0. The van der Waals surface area contributed by atoms with Crippen LogP contribution in [-0.2, 0) is 0 Å². The van der Waals surface area contributed by atoms with E-state index < -0.39 is 0 Å². The largest absolute Gasteiger partial charge is 0.371 e. The molecule has 1 unspecified atom stereocenters. The molecule has 2 fully saturated rings. The van der Waals surface area contributed by atoms with Crippen LogP contribution in [0.25, 0.3) is 0 Å². The second-order valence-electron chi connectivity index (χ2n) is 6.54. The highest BCUT2D eigenvalue weighted by molar-refractivity contribution is 7.09. The first-order valence-electron chi connectivity index (χ1n) is 8.66. The predicted octanol–water partition coefficient (Wildman–Crippen LogP) is 3.42. The van der Waals surface area contributed by atoms with Crippen LogP contribution in [0.15, 0.2) is 23.7 Å². The van der Waals surface area contributed by atoms with Gasteiger partial charge >= 0.3 is 0 Å². The summed E-state index contributed by atoms with van der Waals surface area (Å²) in [6, 6.07) is 4.06. The minimum absolute atomic E-state index is 0.0317. The molecule has 24 heavy (non-hydrogen) atoms. The monoisotopic (exact) mass is 342 g/mol. The van der Waals surface area contributed by atoms with Gasteiger partial charge in [0.2, 0.25) is 0 Å². The molecule has 1 atom stereocenters. The summed E-state index contributed by atoms with van der Waals surface area (Å²) in [5, 5.41) is 3.14. The summed E-state index contributed by atoms with van der Waals surface area (Å²) in [5.74, 6) is 0.0317. The van der Waals surface area contributed by atoms with E-state index in [1.165, 1.54) is 12.8 Å². The third-order valence-electron chi connectivity index (χ3n) is 4.93. The van der Waals surface area contributed by atoms with Gasteiger partial charge in [-0.05, 0) is 44.7 Å². The second kappa shape index (κ2) is 6.51. The number of hydrogen-bond donors (Lipinski definition) is 0. The lowest BCUT2D eigenvalue weighted by Crippen LogP contribution is -2.31. The van der Waals surface area contributed by atoms with Crippen molar-refractivity contribution >= 4 is 22.9 Å². The third-order valence-corrected chi connectivity index (χ3v) is 5.72. The Balaban J connectivity index is 1.57.